The van der Waals surface area contributed by atoms with Crippen molar-refractivity contribution in [2.75, 3.05) is 18.4 Å². The molecule has 2 atom stereocenters. The van der Waals surface area contributed by atoms with Gasteiger partial charge in [0, 0.05) is 12.6 Å². The number of urea groups is 1. The minimum Gasteiger partial charge on any atom is -0.330 e. The fraction of sp³-hybridized carbons (Fsp3) is 0.562. The van der Waals surface area contributed by atoms with Gasteiger partial charge in [0.15, 0.2) is 0 Å². The number of carbonyl (C=O) groups excluding carboxylic acids is 1. The molecule has 2 unspecified atom stereocenters. The minimum absolute atomic E-state index is 0.0871. The lowest BCUT2D eigenvalue weighted by Crippen LogP contribution is -2.49. The summed E-state index contributed by atoms with van der Waals surface area (Å²) in [6.45, 7) is 3.33. The van der Waals surface area contributed by atoms with E-state index in [9.17, 15) is 4.79 Å². The lowest BCUT2D eigenvalue weighted by atomic mass is 9.83. The van der Waals surface area contributed by atoms with Crippen LogP contribution in [0.4, 0.5) is 10.5 Å². The Labute approximate surface area is 131 Å². The molecule has 2 amide bonds. The third-order valence-electron chi connectivity index (χ3n) is 4.29. The smallest absolute Gasteiger partial charge is 0.322 e. The summed E-state index contributed by atoms with van der Waals surface area (Å²) in [5, 5.41) is 3.47. The van der Waals surface area contributed by atoms with Crippen LogP contribution < -0.4 is 11.1 Å². The largest absolute Gasteiger partial charge is 0.330 e. The summed E-state index contributed by atoms with van der Waals surface area (Å²) in [6, 6.07) is 7.45. The summed E-state index contributed by atoms with van der Waals surface area (Å²) >= 11 is 6.10. The van der Waals surface area contributed by atoms with E-state index in [2.05, 4.69) is 5.32 Å². The topological polar surface area (TPSA) is 58.4 Å². The van der Waals surface area contributed by atoms with Gasteiger partial charge in [0.2, 0.25) is 0 Å². The molecule has 1 aromatic carbocycles. The Morgan fingerprint density at radius 1 is 1.38 bits per heavy atom. The van der Waals surface area contributed by atoms with E-state index in [1.54, 1.807) is 6.07 Å². The monoisotopic (exact) mass is 309 g/mol. The molecule has 1 aliphatic carbocycles. The van der Waals surface area contributed by atoms with Crippen LogP contribution in [0, 0.1) is 5.92 Å². The first-order chi connectivity index (χ1) is 10.2. The van der Waals surface area contributed by atoms with Crippen molar-refractivity contribution >= 4 is 23.3 Å². The molecule has 4 nitrogen and oxygen atoms in total. The number of para-hydroxylation sites is 1. The Bertz CT molecular complexity index is 480. The molecular formula is C16H24ClN3O. The van der Waals surface area contributed by atoms with Crippen molar-refractivity contribution < 1.29 is 4.79 Å². The Balaban J connectivity index is 2.09. The van der Waals surface area contributed by atoms with Gasteiger partial charge in [0.05, 0.1) is 10.7 Å². The second-order valence-electron chi connectivity index (χ2n) is 5.54. The Morgan fingerprint density at radius 3 is 2.76 bits per heavy atom. The fourth-order valence-electron chi connectivity index (χ4n) is 3.15. The zero-order chi connectivity index (χ0) is 15.2. The van der Waals surface area contributed by atoms with Crippen LogP contribution >= 0.6 is 11.6 Å². The highest BCUT2D eigenvalue weighted by Crippen LogP contribution is 2.29. The van der Waals surface area contributed by atoms with Crippen LogP contribution in [-0.2, 0) is 0 Å². The molecule has 5 heteroatoms. The predicted octanol–water partition coefficient (Wildman–Crippen LogP) is 3.71. The molecule has 0 aromatic heterocycles. The van der Waals surface area contributed by atoms with Crippen molar-refractivity contribution in [3.8, 4) is 0 Å². The average molecular weight is 310 g/mol. The number of nitrogens with two attached hydrogens (primary N) is 1. The van der Waals surface area contributed by atoms with Crippen LogP contribution in [-0.4, -0.2) is 30.1 Å². The number of nitrogens with zero attached hydrogens (tertiary/aromatic N) is 1. The summed E-state index contributed by atoms with van der Waals surface area (Å²) in [4.78, 5) is 14.5. The van der Waals surface area contributed by atoms with E-state index in [0.717, 1.165) is 19.3 Å². The fourth-order valence-corrected chi connectivity index (χ4v) is 3.33. The van der Waals surface area contributed by atoms with Gasteiger partial charge in [0.25, 0.3) is 0 Å². The van der Waals surface area contributed by atoms with Crippen molar-refractivity contribution in [3.05, 3.63) is 29.3 Å². The molecule has 0 radical (unpaired) electrons. The van der Waals surface area contributed by atoms with Gasteiger partial charge in [0.1, 0.15) is 0 Å². The number of rotatable bonds is 4. The van der Waals surface area contributed by atoms with Crippen LogP contribution in [0.3, 0.4) is 0 Å². The standard InChI is InChI=1S/C16H24ClN3O/c1-2-20(15-10-6-3-7-12(15)11-18)16(21)19-14-9-5-4-8-13(14)17/h4-5,8-9,12,15H,2-3,6-7,10-11,18H2,1H3,(H,19,21). The van der Waals surface area contributed by atoms with E-state index in [1.807, 2.05) is 30.0 Å². The van der Waals surface area contributed by atoms with Crippen molar-refractivity contribution in [1.29, 1.82) is 0 Å². The van der Waals surface area contributed by atoms with E-state index in [0.29, 0.717) is 29.7 Å². The molecule has 1 saturated carbocycles. The maximum absolute atomic E-state index is 12.6. The number of carbonyl (C=O) groups is 1. The maximum Gasteiger partial charge on any atom is 0.322 e. The number of hydrogen-bond acceptors (Lipinski definition) is 2. The second-order valence-corrected chi connectivity index (χ2v) is 5.95. The molecule has 1 aromatic rings. The third kappa shape index (κ3) is 3.89. The first-order valence-electron chi connectivity index (χ1n) is 7.69. The van der Waals surface area contributed by atoms with Gasteiger partial charge in [-0.15, -0.1) is 0 Å². The van der Waals surface area contributed by atoms with Crippen LogP contribution in [0.5, 0.6) is 0 Å². The zero-order valence-electron chi connectivity index (χ0n) is 12.5. The molecule has 0 aliphatic heterocycles. The molecule has 3 N–H and O–H groups in total. The van der Waals surface area contributed by atoms with E-state index in [1.165, 1.54) is 6.42 Å². The summed E-state index contributed by atoms with van der Waals surface area (Å²) in [5.74, 6) is 0.399. The molecule has 0 bridgehead atoms. The maximum atomic E-state index is 12.6. The van der Waals surface area contributed by atoms with Crippen LogP contribution in [0.15, 0.2) is 24.3 Å². The van der Waals surface area contributed by atoms with Gasteiger partial charge in [-0.3, -0.25) is 0 Å². The Morgan fingerprint density at radius 2 is 2.10 bits per heavy atom. The number of benzene rings is 1. The van der Waals surface area contributed by atoms with E-state index in [4.69, 9.17) is 17.3 Å². The summed E-state index contributed by atoms with van der Waals surface area (Å²) in [5.41, 5.74) is 6.54. The SMILES string of the molecule is CCN(C(=O)Nc1ccccc1Cl)C1CCCCC1CN. The average Bonchev–Trinajstić information content (AvgIpc) is 2.51. The van der Waals surface area contributed by atoms with Crippen molar-refractivity contribution in [3.63, 3.8) is 0 Å². The normalized spacial score (nSPS) is 21.9. The summed E-state index contributed by atoms with van der Waals surface area (Å²) in [7, 11) is 0. The van der Waals surface area contributed by atoms with Crippen LogP contribution in [0.1, 0.15) is 32.6 Å². The molecule has 0 saturated heterocycles. The van der Waals surface area contributed by atoms with Crippen LogP contribution in [0.25, 0.3) is 0 Å². The first-order valence-corrected chi connectivity index (χ1v) is 8.07. The number of hydrogen-bond donors (Lipinski definition) is 2. The van der Waals surface area contributed by atoms with Crippen molar-refractivity contribution in [2.45, 2.75) is 38.6 Å². The molecule has 116 valence electrons. The van der Waals surface area contributed by atoms with E-state index in [-0.39, 0.29) is 12.1 Å². The molecule has 1 fully saturated rings. The van der Waals surface area contributed by atoms with Gasteiger partial charge >= 0.3 is 6.03 Å². The lowest BCUT2D eigenvalue weighted by Gasteiger charge is -2.39. The Kier molecular flexibility index (Phi) is 5.88. The predicted molar refractivity (Wildman–Crippen MR) is 87.7 cm³/mol. The van der Waals surface area contributed by atoms with E-state index >= 15 is 0 Å². The summed E-state index contributed by atoms with van der Waals surface area (Å²) < 4.78 is 0. The summed E-state index contributed by atoms with van der Waals surface area (Å²) in [6.07, 6.45) is 4.52. The van der Waals surface area contributed by atoms with Crippen LogP contribution in [0.2, 0.25) is 5.02 Å². The first kappa shape index (κ1) is 16.1. The zero-order valence-corrected chi connectivity index (χ0v) is 13.3. The van der Waals surface area contributed by atoms with Gasteiger partial charge in [-0.25, -0.2) is 4.79 Å². The minimum atomic E-state index is -0.0871. The number of amides is 2. The third-order valence-corrected chi connectivity index (χ3v) is 4.62. The second kappa shape index (κ2) is 7.66. The van der Waals surface area contributed by atoms with Gasteiger partial charge < -0.3 is 16.0 Å². The number of anilines is 1. The quantitative estimate of drug-likeness (QED) is 0.890. The molecular weight excluding hydrogens is 286 g/mol. The molecule has 2 rings (SSSR count). The number of halogens is 1. The highest BCUT2D eigenvalue weighted by Gasteiger charge is 2.31. The molecule has 0 spiro atoms. The lowest BCUT2D eigenvalue weighted by molar-refractivity contribution is 0.135. The number of nitrogens with one attached hydrogen (secondary N) is 1. The van der Waals surface area contributed by atoms with Gasteiger partial charge in [-0.1, -0.05) is 36.6 Å². The van der Waals surface area contributed by atoms with Crippen molar-refractivity contribution in [1.82, 2.24) is 4.90 Å². The van der Waals surface area contributed by atoms with E-state index < -0.39 is 0 Å². The Hall–Kier alpha value is -1.26. The van der Waals surface area contributed by atoms with Gasteiger partial charge in [-0.2, -0.15) is 0 Å². The van der Waals surface area contributed by atoms with Crippen molar-refractivity contribution in [2.24, 2.45) is 11.7 Å². The highest BCUT2D eigenvalue weighted by molar-refractivity contribution is 6.33. The highest BCUT2D eigenvalue weighted by atomic mass is 35.5. The molecule has 21 heavy (non-hydrogen) atoms. The van der Waals surface area contributed by atoms with Gasteiger partial charge in [-0.05, 0) is 44.4 Å². The molecule has 0 heterocycles. The molecule has 1 aliphatic rings.